The topological polar surface area (TPSA) is 63.7 Å². The number of ether oxygens (including phenoxy) is 2. The Morgan fingerprint density at radius 3 is 2.63 bits per heavy atom. The molecule has 0 saturated carbocycles. The first kappa shape index (κ1) is 20.2. The second kappa shape index (κ2) is 10.1. The SMILES string of the molecule is O=C(COc1ccc(Cl)cc1)NC1CCN(CCOc2cc(Cl)sn2)CC1. The first-order chi connectivity index (χ1) is 13.1. The Balaban J connectivity index is 1.29. The number of carbonyl (C=O) groups excluding carboxylic acids is 1. The van der Waals surface area contributed by atoms with E-state index >= 15 is 0 Å². The van der Waals surface area contributed by atoms with E-state index < -0.39 is 0 Å². The summed E-state index contributed by atoms with van der Waals surface area (Å²) in [6, 6.07) is 8.86. The summed E-state index contributed by atoms with van der Waals surface area (Å²) in [4.78, 5) is 14.4. The van der Waals surface area contributed by atoms with Crippen molar-refractivity contribution in [2.24, 2.45) is 0 Å². The van der Waals surface area contributed by atoms with Gasteiger partial charge < -0.3 is 14.8 Å². The van der Waals surface area contributed by atoms with Crippen LogP contribution in [0.3, 0.4) is 0 Å². The lowest BCUT2D eigenvalue weighted by atomic mass is 10.1. The lowest BCUT2D eigenvalue weighted by molar-refractivity contribution is -0.124. The molecular formula is C18H21Cl2N3O3S. The lowest BCUT2D eigenvalue weighted by Crippen LogP contribution is -2.46. The van der Waals surface area contributed by atoms with Crippen LogP contribution in [0, 0.1) is 0 Å². The largest absolute Gasteiger partial charge is 0.484 e. The summed E-state index contributed by atoms with van der Waals surface area (Å²) in [7, 11) is 0. The number of hydrogen-bond acceptors (Lipinski definition) is 6. The molecule has 0 bridgehead atoms. The molecule has 1 aromatic heterocycles. The summed E-state index contributed by atoms with van der Waals surface area (Å²) < 4.78 is 15.8. The lowest BCUT2D eigenvalue weighted by Gasteiger charge is -2.32. The van der Waals surface area contributed by atoms with Crippen LogP contribution in [0.4, 0.5) is 0 Å². The van der Waals surface area contributed by atoms with Gasteiger partial charge in [-0.25, -0.2) is 0 Å². The molecule has 1 aliphatic rings. The van der Waals surface area contributed by atoms with Gasteiger partial charge in [0.15, 0.2) is 6.61 Å². The molecule has 1 aliphatic heterocycles. The smallest absolute Gasteiger partial charge is 0.258 e. The molecule has 0 atom stereocenters. The van der Waals surface area contributed by atoms with Crippen molar-refractivity contribution in [2.45, 2.75) is 18.9 Å². The number of aromatic nitrogens is 1. The third-order valence-electron chi connectivity index (χ3n) is 4.25. The first-order valence-corrected chi connectivity index (χ1v) is 10.3. The van der Waals surface area contributed by atoms with Crippen LogP contribution in [0.5, 0.6) is 11.6 Å². The van der Waals surface area contributed by atoms with E-state index in [9.17, 15) is 4.79 Å². The minimum absolute atomic E-state index is 0.00584. The van der Waals surface area contributed by atoms with Crippen molar-refractivity contribution >= 4 is 40.6 Å². The maximum atomic E-state index is 12.1. The zero-order valence-corrected chi connectivity index (χ0v) is 17.0. The number of rotatable bonds is 8. The van der Waals surface area contributed by atoms with Crippen LogP contribution in [0.15, 0.2) is 30.3 Å². The number of likely N-dealkylation sites (tertiary alicyclic amines) is 1. The van der Waals surface area contributed by atoms with Crippen LogP contribution >= 0.6 is 34.7 Å². The molecule has 146 valence electrons. The van der Waals surface area contributed by atoms with Crippen LogP contribution in [-0.4, -0.2) is 54.1 Å². The maximum absolute atomic E-state index is 12.1. The Labute approximate surface area is 172 Å². The number of halogens is 2. The third kappa shape index (κ3) is 6.84. The third-order valence-corrected chi connectivity index (χ3v) is 5.39. The van der Waals surface area contributed by atoms with Crippen molar-refractivity contribution < 1.29 is 14.3 Å². The standard InChI is InChI=1S/C18H21Cl2N3O3S/c19-13-1-3-15(4-2-13)26-12-17(24)21-14-5-7-23(8-6-14)9-10-25-18-11-16(20)27-22-18/h1-4,11,14H,5-10,12H2,(H,21,24). The highest BCUT2D eigenvalue weighted by atomic mass is 35.5. The molecular weight excluding hydrogens is 409 g/mol. The fourth-order valence-corrected chi connectivity index (χ4v) is 3.59. The molecule has 1 N–H and O–H groups in total. The van der Waals surface area contributed by atoms with Crippen LogP contribution in [0.25, 0.3) is 0 Å². The summed E-state index contributed by atoms with van der Waals surface area (Å²) in [5.41, 5.74) is 0. The Bertz CT molecular complexity index is 734. The monoisotopic (exact) mass is 429 g/mol. The molecule has 1 aromatic carbocycles. The van der Waals surface area contributed by atoms with Gasteiger partial charge in [-0.2, -0.15) is 4.37 Å². The number of nitrogens with zero attached hydrogens (tertiary/aromatic N) is 2. The van der Waals surface area contributed by atoms with Gasteiger partial charge in [0.2, 0.25) is 5.88 Å². The molecule has 2 heterocycles. The number of amides is 1. The van der Waals surface area contributed by atoms with E-state index in [2.05, 4.69) is 14.6 Å². The van der Waals surface area contributed by atoms with Gasteiger partial charge in [0, 0.05) is 36.8 Å². The molecule has 1 fully saturated rings. The summed E-state index contributed by atoms with van der Waals surface area (Å²) >= 11 is 12.9. The van der Waals surface area contributed by atoms with E-state index in [0.717, 1.165) is 32.5 Å². The highest BCUT2D eigenvalue weighted by Gasteiger charge is 2.20. The van der Waals surface area contributed by atoms with E-state index in [4.69, 9.17) is 32.7 Å². The Morgan fingerprint density at radius 1 is 1.22 bits per heavy atom. The number of nitrogens with one attached hydrogen (secondary N) is 1. The Hall–Kier alpha value is -1.54. The van der Waals surface area contributed by atoms with E-state index in [1.54, 1.807) is 30.3 Å². The molecule has 3 rings (SSSR count). The molecule has 27 heavy (non-hydrogen) atoms. The molecule has 0 spiro atoms. The zero-order valence-electron chi connectivity index (χ0n) is 14.7. The van der Waals surface area contributed by atoms with Gasteiger partial charge in [0.05, 0.1) is 0 Å². The number of benzene rings is 1. The molecule has 6 nitrogen and oxygen atoms in total. The summed E-state index contributed by atoms with van der Waals surface area (Å²) in [5.74, 6) is 1.10. The summed E-state index contributed by atoms with van der Waals surface area (Å²) in [5, 5.41) is 3.67. The highest BCUT2D eigenvalue weighted by molar-refractivity contribution is 7.10. The Morgan fingerprint density at radius 2 is 1.96 bits per heavy atom. The fraction of sp³-hybridized carbons (Fsp3) is 0.444. The van der Waals surface area contributed by atoms with Gasteiger partial charge in [0.25, 0.3) is 5.91 Å². The normalized spacial score (nSPS) is 15.5. The quantitative estimate of drug-likeness (QED) is 0.695. The minimum Gasteiger partial charge on any atom is -0.484 e. The van der Waals surface area contributed by atoms with E-state index in [-0.39, 0.29) is 18.6 Å². The van der Waals surface area contributed by atoms with Gasteiger partial charge in [-0.3, -0.25) is 9.69 Å². The van der Waals surface area contributed by atoms with Crippen molar-refractivity contribution in [3.63, 3.8) is 0 Å². The van der Waals surface area contributed by atoms with Crippen LogP contribution in [-0.2, 0) is 4.79 Å². The fourth-order valence-electron chi connectivity index (χ4n) is 2.84. The van der Waals surface area contributed by atoms with E-state index in [1.165, 1.54) is 11.5 Å². The molecule has 1 saturated heterocycles. The summed E-state index contributed by atoms with van der Waals surface area (Å²) in [6.07, 6.45) is 1.82. The molecule has 0 radical (unpaired) electrons. The number of carbonyl (C=O) groups is 1. The van der Waals surface area contributed by atoms with Crippen molar-refractivity contribution in [3.05, 3.63) is 39.7 Å². The van der Waals surface area contributed by atoms with Gasteiger partial charge in [-0.15, -0.1) is 0 Å². The van der Waals surface area contributed by atoms with Crippen molar-refractivity contribution in [1.82, 2.24) is 14.6 Å². The second-order valence-electron chi connectivity index (χ2n) is 6.24. The molecule has 0 unspecified atom stereocenters. The van der Waals surface area contributed by atoms with Crippen molar-refractivity contribution in [2.75, 3.05) is 32.8 Å². The minimum atomic E-state index is -0.104. The van der Waals surface area contributed by atoms with Crippen LogP contribution < -0.4 is 14.8 Å². The molecule has 2 aromatic rings. The predicted octanol–water partition coefficient (Wildman–Crippen LogP) is 3.49. The van der Waals surface area contributed by atoms with Gasteiger partial charge in [-0.1, -0.05) is 23.2 Å². The average molecular weight is 430 g/mol. The number of piperidine rings is 1. The molecule has 9 heteroatoms. The first-order valence-electron chi connectivity index (χ1n) is 8.73. The average Bonchev–Trinajstić information content (AvgIpc) is 3.08. The van der Waals surface area contributed by atoms with Gasteiger partial charge >= 0.3 is 0 Å². The molecule has 1 amide bonds. The molecule has 0 aliphatic carbocycles. The zero-order chi connectivity index (χ0) is 19.1. The van der Waals surface area contributed by atoms with Gasteiger partial charge in [0.1, 0.15) is 16.7 Å². The summed E-state index contributed by atoms with van der Waals surface area (Å²) in [6.45, 7) is 3.25. The van der Waals surface area contributed by atoms with E-state index in [1.807, 2.05) is 0 Å². The van der Waals surface area contributed by atoms with Crippen LogP contribution in [0.2, 0.25) is 9.36 Å². The predicted molar refractivity (Wildman–Crippen MR) is 107 cm³/mol. The van der Waals surface area contributed by atoms with Crippen molar-refractivity contribution in [3.8, 4) is 11.6 Å². The van der Waals surface area contributed by atoms with Gasteiger partial charge in [-0.05, 0) is 48.6 Å². The second-order valence-corrected chi connectivity index (χ2v) is 8.12. The van der Waals surface area contributed by atoms with Crippen molar-refractivity contribution in [1.29, 1.82) is 0 Å². The van der Waals surface area contributed by atoms with E-state index in [0.29, 0.717) is 27.6 Å². The maximum Gasteiger partial charge on any atom is 0.258 e. The van der Waals surface area contributed by atoms with Crippen LogP contribution in [0.1, 0.15) is 12.8 Å². The number of hydrogen-bond donors (Lipinski definition) is 1. The highest BCUT2D eigenvalue weighted by Crippen LogP contribution is 2.21. The Kier molecular flexibility index (Phi) is 7.58.